The molecule has 0 saturated carbocycles. The van der Waals surface area contributed by atoms with E-state index < -0.39 is 0 Å². The van der Waals surface area contributed by atoms with Crippen LogP contribution in [0.4, 0.5) is 5.82 Å². The molecule has 0 amide bonds. The first kappa shape index (κ1) is 14.9. The Labute approximate surface area is 123 Å². The Morgan fingerprint density at radius 2 is 2.38 bits per heavy atom. The highest BCUT2D eigenvalue weighted by molar-refractivity contribution is 5.42. The fraction of sp³-hybridized carbons (Fsp3) is 0.400. The number of nitriles is 1. The Kier molecular flexibility index (Phi) is 4.43. The van der Waals surface area contributed by atoms with Crippen LogP contribution < -0.4 is 15.3 Å². The summed E-state index contributed by atoms with van der Waals surface area (Å²) in [5.41, 5.74) is 0.909. The predicted octanol–water partition coefficient (Wildman–Crippen LogP) is 1.49. The van der Waals surface area contributed by atoms with Crippen LogP contribution >= 0.6 is 0 Å². The maximum atomic E-state index is 12.0. The largest absolute Gasteiger partial charge is 0.473 e. The number of nitrogens with zero attached hydrogens (tertiary/aromatic N) is 4. The van der Waals surface area contributed by atoms with E-state index in [1.807, 2.05) is 18.0 Å². The van der Waals surface area contributed by atoms with Crippen LogP contribution in [0.1, 0.15) is 13.3 Å². The first-order valence-corrected chi connectivity index (χ1v) is 6.73. The molecular weight excluding hydrogens is 268 g/mol. The number of ether oxygens (including phenoxy) is 1. The van der Waals surface area contributed by atoms with Gasteiger partial charge in [0.15, 0.2) is 0 Å². The normalized spacial score (nSPS) is 14.3. The van der Waals surface area contributed by atoms with Crippen LogP contribution in [0.25, 0.3) is 0 Å². The molecule has 0 aromatic carbocycles. The zero-order valence-electron chi connectivity index (χ0n) is 12.3. The first-order valence-electron chi connectivity index (χ1n) is 6.73. The third kappa shape index (κ3) is 3.51. The van der Waals surface area contributed by atoms with Gasteiger partial charge in [-0.1, -0.05) is 6.58 Å². The fourth-order valence-corrected chi connectivity index (χ4v) is 2.20. The standard InChI is InChI=1S/C15H18N4O2/c1-11(9-16)7-12(2)10-21-13-8-14-18(3)5-4-6-19(14)15(20)17-13/h7-8H,2,4-6,10H2,1,3H3/b11-7+. The minimum atomic E-state index is -0.302. The summed E-state index contributed by atoms with van der Waals surface area (Å²) in [5, 5.41) is 8.70. The highest BCUT2D eigenvalue weighted by Crippen LogP contribution is 2.20. The van der Waals surface area contributed by atoms with Crippen molar-refractivity contribution >= 4 is 5.82 Å². The third-order valence-corrected chi connectivity index (χ3v) is 3.23. The molecule has 0 radical (unpaired) electrons. The van der Waals surface area contributed by atoms with Crippen molar-refractivity contribution < 1.29 is 4.74 Å². The number of hydrogen-bond donors (Lipinski definition) is 0. The number of allylic oxidation sites excluding steroid dienone is 1. The van der Waals surface area contributed by atoms with Gasteiger partial charge in [-0.2, -0.15) is 10.2 Å². The van der Waals surface area contributed by atoms with Crippen LogP contribution in [0.2, 0.25) is 0 Å². The van der Waals surface area contributed by atoms with Gasteiger partial charge in [0.1, 0.15) is 12.4 Å². The summed E-state index contributed by atoms with van der Waals surface area (Å²) in [7, 11) is 1.94. The van der Waals surface area contributed by atoms with Crippen LogP contribution in [0.3, 0.4) is 0 Å². The molecule has 2 rings (SSSR count). The number of aromatic nitrogens is 2. The van der Waals surface area contributed by atoms with Gasteiger partial charge in [-0.25, -0.2) is 4.79 Å². The van der Waals surface area contributed by atoms with E-state index >= 15 is 0 Å². The molecule has 0 saturated heterocycles. The van der Waals surface area contributed by atoms with Gasteiger partial charge in [-0.3, -0.25) is 4.57 Å². The third-order valence-electron chi connectivity index (χ3n) is 3.23. The lowest BCUT2D eigenvalue weighted by Crippen LogP contribution is -2.36. The first-order chi connectivity index (χ1) is 10.0. The molecule has 6 heteroatoms. The number of anilines is 1. The number of hydrogen-bond acceptors (Lipinski definition) is 5. The molecular formula is C15H18N4O2. The molecule has 2 heterocycles. The molecule has 0 fully saturated rings. The SMILES string of the molecule is C=C(/C=C(\C)C#N)COc1cc2n(c(=O)n1)CCCN2C. The predicted molar refractivity (Wildman–Crippen MR) is 80.4 cm³/mol. The van der Waals surface area contributed by atoms with Crippen LogP contribution in [-0.4, -0.2) is 29.8 Å². The van der Waals surface area contributed by atoms with E-state index in [4.69, 9.17) is 10.00 Å². The van der Waals surface area contributed by atoms with Gasteiger partial charge >= 0.3 is 5.69 Å². The van der Waals surface area contributed by atoms with Crippen molar-refractivity contribution in [2.24, 2.45) is 0 Å². The quantitative estimate of drug-likeness (QED) is 0.619. The molecule has 0 bridgehead atoms. The van der Waals surface area contributed by atoms with Crippen molar-refractivity contribution in [3.8, 4) is 11.9 Å². The van der Waals surface area contributed by atoms with Gasteiger partial charge in [0.2, 0.25) is 5.88 Å². The van der Waals surface area contributed by atoms with E-state index in [2.05, 4.69) is 11.6 Å². The molecule has 0 N–H and O–H groups in total. The molecule has 1 aliphatic heterocycles. The molecule has 0 spiro atoms. The molecule has 0 atom stereocenters. The smallest absolute Gasteiger partial charge is 0.352 e. The number of fused-ring (bicyclic) bond motifs is 1. The fourth-order valence-electron chi connectivity index (χ4n) is 2.20. The summed E-state index contributed by atoms with van der Waals surface area (Å²) < 4.78 is 7.15. The summed E-state index contributed by atoms with van der Waals surface area (Å²) in [4.78, 5) is 17.9. The highest BCUT2D eigenvalue weighted by atomic mass is 16.5. The highest BCUT2D eigenvalue weighted by Gasteiger charge is 2.16. The van der Waals surface area contributed by atoms with Crippen LogP contribution in [0, 0.1) is 11.3 Å². The van der Waals surface area contributed by atoms with Crippen molar-refractivity contribution in [3.05, 3.63) is 40.4 Å². The molecule has 21 heavy (non-hydrogen) atoms. The van der Waals surface area contributed by atoms with Gasteiger partial charge in [-0.15, -0.1) is 0 Å². The van der Waals surface area contributed by atoms with Crippen molar-refractivity contribution in [2.75, 3.05) is 25.1 Å². The average molecular weight is 286 g/mol. The topological polar surface area (TPSA) is 71.1 Å². The Hall–Kier alpha value is -2.55. The summed E-state index contributed by atoms with van der Waals surface area (Å²) in [5.74, 6) is 1.09. The average Bonchev–Trinajstić information content (AvgIpc) is 2.46. The van der Waals surface area contributed by atoms with Crippen LogP contribution in [-0.2, 0) is 6.54 Å². The zero-order valence-corrected chi connectivity index (χ0v) is 12.3. The van der Waals surface area contributed by atoms with Gasteiger partial charge in [-0.05, 0) is 25.0 Å². The lowest BCUT2D eigenvalue weighted by atomic mass is 10.2. The van der Waals surface area contributed by atoms with Crippen molar-refractivity contribution in [1.29, 1.82) is 5.26 Å². The maximum absolute atomic E-state index is 12.0. The van der Waals surface area contributed by atoms with E-state index in [1.165, 1.54) is 0 Å². The lowest BCUT2D eigenvalue weighted by Gasteiger charge is -2.28. The van der Waals surface area contributed by atoms with Gasteiger partial charge in [0.05, 0.1) is 6.07 Å². The second-order valence-electron chi connectivity index (χ2n) is 5.05. The Bertz CT molecular complexity index is 682. The Morgan fingerprint density at radius 3 is 3.10 bits per heavy atom. The summed E-state index contributed by atoms with van der Waals surface area (Å²) >= 11 is 0. The summed E-state index contributed by atoms with van der Waals surface area (Å²) in [6.07, 6.45) is 2.58. The van der Waals surface area contributed by atoms with Crippen LogP contribution in [0.15, 0.2) is 34.7 Å². The lowest BCUT2D eigenvalue weighted by molar-refractivity contribution is 0.337. The van der Waals surface area contributed by atoms with E-state index in [0.29, 0.717) is 17.7 Å². The molecule has 6 nitrogen and oxygen atoms in total. The van der Waals surface area contributed by atoms with Crippen molar-refractivity contribution in [3.63, 3.8) is 0 Å². The molecule has 110 valence electrons. The van der Waals surface area contributed by atoms with E-state index in [-0.39, 0.29) is 18.2 Å². The Balaban J connectivity index is 2.14. The minimum absolute atomic E-state index is 0.193. The monoisotopic (exact) mass is 286 g/mol. The van der Waals surface area contributed by atoms with Gasteiger partial charge in [0.25, 0.3) is 0 Å². The molecule has 1 aromatic heterocycles. The van der Waals surface area contributed by atoms with Crippen molar-refractivity contribution in [1.82, 2.24) is 9.55 Å². The second kappa shape index (κ2) is 6.27. The van der Waals surface area contributed by atoms with E-state index in [1.54, 1.807) is 23.6 Å². The second-order valence-corrected chi connectivity index (χ2v) is 5.05. The minimum Gasteiger partial charge on any atom is -0.473 e. The Morgan fingerprint density at radius 1 is 1.62 bits per heavy atom. The van der Waals surface area contributed by atoms with Gasteiger partial charge < -0.3 is 9.64 Å². The van der Waals surface area contributed by atoms with Crippen molar-refractivity contribution in [2.45, 2.75) is 19.9 Å². The van der Waals surface area contributed by atoms with E-state index in [0.717, 1.165) is 18.8 Å². The zero-order chi connectivity index (χ0) is 15.4. The summed E-state index contributed by atoms with van der Waals surface area (Å²) in [6.45, 7) is 7.29. The summed E-state index contributed by atoms with van der Waals surface area (Å²) in [6, 6.07) is 3.78. The molecule has 0 unspecified atom stereocenters. The van der Waals surface area contributed by atoms with E-state index in [9.17, 15) is 4.79 Å². The molecule has 1 aromatic rings. The number of rotatable bonds is 4. The molecule has 1 aliphatic rings. The maximum Gasteiger partial charge on any atom is 0.352 e. The molecule has 0 aliphatic carbocycles. The van der Waals surface area contributed by atoms with Gasteiger partial charge in [0, 0.05) is 31.8 Å². The van der Waals surface area contributed by atoms with Crippen LogP contribution in [0.5, 0.6) is 5.88 Å².